The first kappa shape index (κ1) is 25.6. The van der Waals surface area contributed by atoms with Crippen LogP contribution in [0.2, 0.25) is 0 Å². The minimum Gasteiger partial charge on any atom is -0.373 e. The number of nitrogens with zero attached hydrogens (tertiary/aromatic N) is 1. The number of benzene rings is 4. The van der Waals surface area contributed by atoms with Gasteiger partial charge in [0.2, 0.25) is 0 Å². The predicted octanol–water partition coefficient (Wildman–Crippen LogP) is 5.91. The summed E-state index contributed by atoms with van der Waals surface area (Å²) in [5, 5.41) is 3.63. The third-order valence-electron chi connectivity index (χ3n) is 7.41. The number of thioether (sulfide) groups is 1. The van der Waals surface area contributed by atoms with Gasteiger partial charge in [-0.25, -0.2) is 0 Å². The number of rotatable bonds is 7. The molecule has 0 aromatic heterocycles. The van der Waals surface area contributed by atoms with E-state index in [-0.39, 0.29) is 24.0 Å². The van der Waals surface area contributed by atoms with Crippen molar-refractivity contribution >= 4 is 22.8 Å². The topological polar surface area (TPSA) is 59.9 Å². The van der Waals surface area contributed by atoms with E-state index >= 15 is 0 Å². The molecule has 196 valence electrons. The Balaban J connectivity index is 1.24. The number of hydrogen-bond donors (Lipinski definition) is 1. The van der Waals surface area contributed by atoms with Gasteiger partial charge in [-0.05, 0) is 28.8 Å². The maximum absolute atomic E-state index is 12.6. The van der Waals surface area contributed by atoms with Crippen LogP contribution in [0.5, 0.6) is 0 Å². The van der Waals surface area contributed by atoms with Gasteiger partial charge in [-0.1, -0.05) is 121 Å². The van der Waals surface area contributed by atoms with Gasteiger partial charge in [-0.2, -0.15) is 0 Å². The highest BCUT2D eigenvalue weighted by molar-refractivity contribution is 8.13. The smallest absolute Gasteiger partial charge is 0.257 e. The van der Waals surface area contributed by atoms with E-state index in [9.17, 15) is 4.79 Å². The Hall–Kier alpha value is -3.71. The molecule has 2 aliphatic heterocycles. The van der Waals surface area contributed by atoms with Crippen LogP contribution in [0.1, 0.15) is 27.0 Å². The number of amidine groups is 1. The lowest BCUT2D eigenvalue weighted by Crippen LogP contribution is -2.40. The number of nitrogens with one attached hydrogen (secondary N) is 1. The van der Waals surface area contributed by atoms with Gasteiger partial charge in [0.25, 0.3) is 5.91 Å². The number of hydrogen-bond acceptors (Lipinski definition) is 5. The molecule has 6 heteroatoms. The molecule has 4 aromatic rings. The summed E-state index contributed by atoms with van der Waals surface area (Å²) in [6, 6.07) is 40.4. The molecule has 0 bridgehead atoms. The summed E-state index contributed by atoms with van der Waals surface area (Å²) in [6.45, 7) is 0.931. The summed E-state index contributed by atoms with van der Waals surface area (Å²) in [5.41, 5.74) is 3.04. The zero-order valence-electron chi connectivity index (χ0n) is 21.5. The predicted molar refractivity (Wildman–Crippen MR) is 156 cm³/mol. The summed E-state index contributed by atoms with van der Waals surface area (Å²) in [7, 11) is 0. The van der Waals surface area contributed by atoms with Crippen molar-refractivity contribution in [1.82, 2.24) is 5.32 Å². The zero-order valence-corrected chi connectivity index (χ0v) is 22.3. The van der Waals surface area contributed by atoms with Gasteiger partial charge in [0, 0.05) is 17.2 Å². The lowest BCUT2D eigenvalue weighted by atomic mass is 9.80. The first-order valence-corrected chi connectivity index (χ1v) is 14.2. The molecule has 2 unspecified atom stereocenters. The van der Waals surface area contributed by atoms with Crippen molar-refractivity contribution < 1.29 is 14.3 Å². The molecule has 0 radical (unpaired) electrons. The fourth-order valence-corrected chi connectivity index (χ4v) is 6.57. The Labute approximate surface area is 233 Å². The molecule has 0 aliphatic carbocycles. The highest BCUT2D eigenvalue weighted by atomic mass is 32.2. The van der Waals surface area contributed by atoms with Crippen molar-refractivity contribution in [3.63, 3.8) is 0 Å². The van der Waals surface area contributed by atoms with Crippen LogP contribution in [0.3, 0.4) is 0 Å². The quantitative estimate of drug-likeness (QED) is 0.300. The average Bonchev–Trinajstić information content (AvgIpc) is 3.42. The van der Waals surface area contributed by atoms with Crippen molar-refractivity contribution in [1.29, 1.82) is 0 Å². The maximum atomic E-state index is 12.6. The summed E-state index contributed by atoms with van der Waals surface area (Å²) < 4.78 is 13.3. The SMILES string of the molecule is O=C(NC1=NC2CO[C@H](COC(c3ccccc3)(c3ccccc3)c3ccccc3)C2CS1)c1ccccc1. The van der Waals surface area contributed by atoms with Crippen LogP contribution in [0, 0.1) is 5.92 Å². The molecule has 39 heavy (non-hydrogen) atoms. The Kier molecular flexibility index (Phi) is 7.59. The molecular weight excluding hydrogens is 504 g/mol. The first-order chi connectivity index (χ1) is 19.2. The highest BCUT2D eigenvalue weighted by Crippen LogP contribution is 2.42. The third kappa shape index (κ3) is 5.28. The number of carbonyl (C=O) groups is 1. The number of carbonyl (C=O) groups excluding carboxylic acids is 1. The van der Waals surface area contributed by atoms with Gasteiger partial charge in [0.15, 0.2) is 5.17 Å². The largest absolute Gasteiger partial charge is 0.373 e. The molecule has 2 aliphatic rings. The molecule has 1 N–H and O–H groups in total. The van der Waals surface area contributed by atoms with Crippen molar-refractivity contribution in [3.05, 3.63) is 144 Å². The van der Waals surface area contributed by atoms with Gasteiger partial charge in [-0.15, -0.1) is 0 Å². The second kappa shape index (κ2) is 11.6. The van der Waals surface area contributed by atoms with E-state index in [1.54, 1.807) is 23.9 Å². The Morgan fingerprint density at radius 1 is 0.821 bits per heavy atom. The van der Waals surface area contributed by atoms with E-state index in [2.05, 4.69) is 78.1 Å². The van der Waals surface area contributed by atoms with Crippen LogP contribution in [0.25, 0.3) is 0 Å². The molecule has 4 aromatic carbocycles. The van der Waals surface area contributed by atoms with Gasteiger partial charge < -0.3 is 14.8 Å². The van der Waals surface area contributed by atoms with Gasteiger partial charge >= 0.3 is 0 Å². The van der Waals surface area contributed by atoms with E-state index in [1.165, 1.54) is 0 Å². The van der Waals surface area contributed by atoms with Crippen LogP contribution in [-0.4, -0.2) is 42.2 Å². The normalized spacial score (nSPS) is 20.6. The maximum Gasteiger partial charge on any atom is 0.257 e. The second-order valence-electron chi connectivity index (χ2n) is 9.76. The number of ether oxygens (including phenoxy) is 2. The van der Waals surface area contributed by atoms with E-state index < -0.39 is 5.60 Å². The molecule has 0 saturated carbocycles. The van der Waals surface area contributed by atoms with Crippen molar-refractivity contribution in [3.8, 4) is 0 Å². The van der Waals surface area contributed by atoms with Gasteiger partial charge in [0.1, 0.15) is 5.60 Å². The summed E-state index contributed by atoms with van der Waals surface area (Å²) in [6.07, 6.45) is -0.104. The monoisotopic (exact) mass is 534 g/mol. The first-order valence-electron chi connectivity index (χ1n) is 13.2. The van der Waals surface area contributed by atoms with Crippen LogP contribution in [-0.2, 0) is 15.1 Å². The van der Waals surface area contributed by atoms with Gasteiger partial charge in [-0.3, -0.25) is 9.79 Å². The van der Waals surface area contributed by atoms with Crippen LogP contribution < -0.4 is 5.32 Å². The number of fused-ring (bicyclic) bond motifs is 1. The zero-order chi connectivity index (χ0) is 26.5. The van der Waals surface area contributed by atoms with Crippen LogP contribution >= 0.6 is 11.8 Å². The van der Waals surface area contributed by atoms with Crippen LogP contribution in [0.4, 0.5) is 0 Å². The lowest BCUT2D eigenvalue weighted by Gasteiger charge is -2.37. The average molecular weight is 535 g/mol. The van der Waals surface area contributed by atoms with E-state index in [0.29, 0.717) is 23.9 Å². The van der Waals surface area contributed by atoms with Crippen molar-refractivity contribution in [2.75, 3.05) is 19.0 Å². The van der Waals surface area contributed by atoms with E-state index in [4.69, 9.17) is 14.5 Å². The molecule has 6 rings (SSSR count). The fourth-order valence-electron chi connectivity index (χ4n) is 5.41. The lowest BCUT2D eigenvalue weighted by molar-refractivity contribution is -0.0536. The minimum atomic E-state index is -0.787. The molecule has 1 amide bonds. The van der Waals surface area contributed by atoms with Crippen LogP contribution in [0.15, 0.2) is 126 Å². The second-order valence-corrected chi connectivity index (χ2v) is 10.8. The molecule has 0 spiro atoms. The van der Waals surface area contributed by atoms with Crippen molar-refractivity contribution in [2.24, 2.45) is 10.9 Å². The number of aliphatic imine (C=N–C) groups is 1. The molecule has 3 atom stereocenters. The molecule has 1 saturated heterocycles. The van der Waals surface area contributed by atoms with Crippen molar-refractivity contribution in [2.45, 2.75) is 17.7 Å². The molecule has 5 nitrogen and oxygen atoms in total. The summed E-state index contributed by atoms with van der Waals surface area (Å²) in [4.78, 5) is 17.5. The fraction of sp³-hybridized carbons (Fsp3) is 0.212. The van der Waals surface area contributed by atoms with E-state index in [1.807, 2.05) is 36.4 Å². The minimum absolute atomic E-state index is 0.00880. The molecule has 2 heterocycles. The number of amides is 1. The van der Waals surface area contributed by atoms with E-state index in [0.717, 1.165) is 22.4 Å². The highest BCUT2D eigenvalue weighted by Gasteiger charge is 2.44. The van der Waals surface area contributed by atoms with Gasteiger partial charge in [0.05, 0.1) is 25.4 Å². The molecular formula is C33H30N2O3S. The Morgan fingerprint density at radius 2 is 1.33 bits per heavy atom. The summed E-state index contributed by atoms with van der Waals surface area (Å²) >= 11 is 1.57. The Bertz CT molecular complexity index is 1320. The third-order valence-corrected chi connectivity index (χ3v) is 8.44. The Morgan fingerprint density at radius 3 is 1.87 bits per heavy atom. The summed E-state index contributed by atoms with van der Waals surface area (Å²) in [5.74, 6) is 0.867. The molecule has 1 fully saturated rings. The standard InChI is InChI=1S/C33H30N2O3S/c36-31(24-13-5-1-6-14-24)35-32-34-29-21-37-30(28(29)23-39-32)22-38-33(25-15-7-2-8-16-25,26-17-9-3-10-18-26)27-19-11-4-12-20-27/h1-20,28-30H,21-23H2,(H,34,35,36)/t28?,29?,30-/m1/s1.